The molecule has 0 bridgehead atoms. The largest absolute Gasteiger partial charge is 0.495 e. The predicted octanol–water partition coefficient (Wildman–Crippen LogP) is 6.72. The minimum atomic E-state index is -4.23. The van der Waals surface area contributed by atoms with Gasteiger partial charge in [0.2, 0.25) is 11.8 Å². The number of halogens is 3. The van der Waals surface area contributed by atoms with Gasteiger partial charge in [-0.3, -0.25) is 13.9 Å². The van der Waals surface area contributed by atoms with Gasteiger partial charge in [-0.2, -0.15) is 0 Å². The number of hydrogen-bond donors (Lipinski definition) is 1. The van der Waals surface area contributed by atoms with Crippen molar-refractivity contribution in [2.45, 2.75) is 62.6 Å². The number of amides is 2. The first-order valence-electron chi connectivity index (χ1n) is 14.0. The second-order valence-corrected chi connectivity index (χ2v) is 13.4. The van der Waals surface area contributed by atoms with E-state index >= 15 is 0 Å². The molecule has 3 aromatic carbocycles. The van der Waals surface area contributed by atoms with E-state index in [1.54, 1.807) is 36.4 Å². The molecule has 1 N–H and O–H groups in total. The number of sulfonamides is 1. The Hall–Kier alpha value is -2.98. The lowest BCUT2D eigenvalue weighted by Crippen LogP contribution is -2.53. The van der Waals surface area contributed by atoms with Crippen molar-refractivity contribution in [3.05, 3.63) is 87.4 Å². The zero-order valence-corrected chi connectivity index (χ0v) is 27.0. The van der Waals surface area contributed by atoms with Crippen molar-refractivity contribution in [1.29, 1.82) is 0 Å². The van der Waals surface area contributed by atoms with E-state index in [9.17, 15) is 18.0 Å². The minimum absolute atomic E-state index is 0.00643. The highest BCUT2D eigenvalue weighted by molar-refractivity contribution is 7.92. The number of anilines is 1. The standard InChI is InChI=1S/C31H34Cl3N3O5S/c1-3-28(31(39)35-23-9-7-8-10-23)36(19-21-13-14-22(32)17-26(21)33)30(38)20-37(24-15-16-29(42-2)27(34)18-24)43(40,41)25-11-5-4-6-12-25/h4-6,11-18,23,28H,3,7-10,19-20H2,1-2H3,(H,35,39)/t28-/m0/s1. The fourth-order valence-electron chi connectivity index (χ4n) is 5.18. The summed E-state index contributed by atoms with van der Waals surface area (Å²) in [6.45, 7) is 1.18. The van der Waals surface area contributed by atoms with Crippen LogP contribution < -0.4 is 14.4 Å². The number of carbonyl (C=O) groups excluding carboxylic acids is 2. The smallest absolute Gasteiger partial charge is 0.264 e. The van der Waals surface area contributed by atoms with Crippen LogP contribution in [0.2, 0.25) is 15.1 Å². The Morgan fingerprint density at radius 1 is 0.977 bits per heavy atom. The summed E-state index contributed by atoms with van der Waals surface area (Å²) in [7, 11) is -2.79. The van der Waals surface area contributed by atoms with Gasteiger partial charge >= 0.3 is 0 Å². The van der Waals surface area contributed by atoms with E-state index in [0.29, 0.717) is 27.8 Å². The molecule has 0 aromatic heterocycles. The second kappa shape index (κ2) is 14.7. The molecule has 1 fully saturated rings. The summed E-state index contributed by atoms with van der Waals surface area (Å²) in [5.41, 5.74) is 0.729. The molecule has 0 spiro atoms. The topological polar surface area (TPSA) is 96.0 Å². The quantitative estimate of drug-likeness (QED) is 0.232. The Morgan fingerprint density at radius 3 is 2.28 bits per heavy atom. The van der Waals surface area contributed by atoms with Crippen LogP contribution in [-0.2, 0) is 26.2 Å². The Balaban J connectivity index is 1.75. The summed E-state index contributed by atoms with van der Waals surface area (Å²) in [4.78, 5) is 29.2. The highest BCUT2D eigenvalue weighted by atomic mass is 35.5. The molecule has 1 atom stereocenters. The van der Waals surface area contributed by atoms with Gasteiger partial charge in [-0.25, -0.2) is 8.42 Å². The highest BCUT2D eigenvalue weighted by Crippen LogP contribution is 2.32. The summed E-state index contributed by atoms with van der Waals surface area (Å²) in [6.07, 6.45) is 4.11. The number of ether oxygens (including phenoxy) is 1. The Bertz CT molecular complexity index is 1550. The fourth-order valence-corrected chi connectivity index (χ4v) is 7.33. The molecule has 2 amide bonds. The minimum Gasteiger partial charge on any atom is -0.495 e. The maximum atomic E-state index is 14.3. The molecule has 12 heteroatoms. The predicted molar refractivity (Wildman–Crippen MR) is 170 cm³/mol. The van der Waals surface area contributed by atoms with Gasteiger partial charge in [0.05, 0.1) is 22.7 Å². The average Bonchev–Trinajstić information content (AvgIpc) is 3.50. The van der Waals surface area contributed by atoms with Crippen LogP contribution in [0.25, 0.3) is 0 Å². The molecule has 0 aliphatic heterocycles. The molecular formula is C31H34Cl3N3O5S. The molecule has 3 aromatic rings. The average molecular weight is 667 g/mol. The zero-order chi connectivity index (χ0) is 31.1. The number of nitrogens with one attached hydrogen (secondary N) is 1. The summed E-state index contributed by atoms with van der Waals surface area (Å²) in [5, 5.41) is 4.01. The number of nitrogens with zero attached hydrogens (tertiary/aromatic N) is 2. The molecule has 1 saturated carbocycles. The molecule has 1 aliphatic rings. The molecule has 1 aliphatic carbocycles. The summed E-state index contributed by atoms with van der Waals surface area (Å²) in [6, 6.07) is 16.3. The van der Waals surface area contributed by atoms with Crippen LogP contribution in [-0.4, -0.2) is 50.9 Å². The summed E-state index contributed by atoms with van der Waals surface area (Å²) in [5.74, 6) is -0.536. The molecule has 43 heavy (non-hydrogen) atoms. The maximum Gasteiger partial charge on any atom is 0.264 e. The SMILES string of the molecule is CC[C@@H](C(=O)NC1CCCC1)N(Cc1ccc(Cl)cc1Cl)C(=O)CN(c1ccc(OC)c(Cl)c1)S(=O)(=O)c1ccccc1. The third-order valence-corrected chi connectivity index (χ3v) is 10.1. The first-order chi connectivity index (χ1) is 20.5. The normalized spacial score (nSPS) is 14.3. The van der Waals surface area contributed by atoms with E-state index in [4.69, 9.17) is 39.5 Å². The van der Waals surface area contributed by atoms with E-state index in [0.717, 1.165) is 30.0 Å². The molecule has 230 valence electrons. The van der Waals surface area contributed by atoms with Crippen LogP contribution in [0, 0.1) is 0 Å². The van der Waals surface area contributed by atoms with Gasteiger partial charge in [0.15, 0.2) is 0 Å². The summed E-state index contributed by atoms with van der Waals surface area (Å²) < 4.78 is 34.2. The van der Waals surface area contributed by atoms with E-state index < -0.39 is 28.5 Å². The fraction of sp³-hybridized carbons (Fsp3) is 0.355. The van der Waals surface area contributed by atoms with Crippen LogP contribution in [0.5, 0.6) is 5.75 Å². The van der Waals surface area contributed by atoms with Gasteiger partial charge in [0.1, 0.15) is 18.3 Å². The van der Waals surface area contributed by atoms with Crippen LogP contribution in [0.1, 0.15) is 44.6 Å². The lowest BCUT2D eigenvalue weighted by molar-refractivity contribution is -0.140. The van der Waals surface area contributed by atoms with Gasteiger partial charge in [-0.15, -0.1) is 0 Å². The van der Waals surface area contributed by atoms with Crippen molar-refractivity contribution in [3.63, 3.8) is 0 Å². The lowest BCUT2D eigenvalue weighted by atomic mass is 10.1. The van der Waals surface area contributed by atoms with Crippen molar-refractivity contribution in [1.82, 2.24) is 10.2 Å². The van der Waals surface area contributed by atoms with Crippen LogP contribution in [0.3, 0.4) is 0 Å². The second-order valence-electron chi connectivity index (χ2n) is 10.3. The van der Waals surface area contributed by atoms with Crippen molar-refractivity contribution in [3.8, 4) is 5.75 Å². The number of rotatable bonds is 12. The van der Waals surface area contributed by atoms with Gasteiger partial charge in [-0.05, 0) is 67.3 Å². The van der Waals surface area contributed by atoms with Crippen LogP contribution in [0.4, 0.5) is 5.69 Å². The summed E-state index contributed by atoms with van der Waals surface area (Å²) >= 11 is 19.0. The monoisotopic (exact) mass is 665 g/mol. The Morgan fingerprint density at radius 2 is 1.67 bits per heavy atom. The maximum absolute atomic E-state index is 14.3. The molecule has 0 radical (unpaired) electrons. The number of methoxy groups -OCH3 is 1. The number of hydrogen-bond acceptors (Lipinski definition) is 5. The third kappa shape index (κ3) is 7.95. The molecule has 0 unspecified atom stereocenters. The number of benzene rings is 3. The van der Waals surface area contributed by atoms with Gasteiger partial charge < -0.3 is 15.0 Å². The van der Waals surface area contributed by atoms with Crippen molar-refractivity contribution >= 4 is 62.3 Å². The van der Waals surface area contributed by atoms with Gasteiger partial charge in [0, 0.05) is 22.6 Å². The van der Waals surface area contributed by atoms with E-state index in [-0.39, 0.29) is 34.1 Å². The van der Waals surface area contributed by atoms with Crippen LogP contribution in [0.15, 0.2) is 71.6 Å². The highest BCUT2D eigenvalue weighted by Gasteiger charge is 2.35. The van der Waals surface area contributed by atoms with Crippen molar-refractivity contribution in [2.24, 2.45) is 0 Å². The number of carbonyl (C=O) groups is 2. The zero-order valence-electron chi connectivity index (χ0n) is 23.9. The molecule has 0 saturated heterocycles. The van der Waals surface area contributed by atoms with Crippen molar-refractivity contribution in [2.75, 3.05) is 18.0 Å². The molecule has 8 nitrogen and oxygen atoms in total. The Labute approximate surface area is 267 Å². The van der Waals surface area contributed by atoms with Crippen LogP contribution >= 0.6 is 34.8 Å². The van der Waals surface area contributed by atoms with E-state index in [1.165, 1.54) is 42.3 Å². The Kier molecular flexibility index (Phi) is 11.2. The van der Waals surface area contributed by atoms with E-state index in [2.05, 4.69) is 5.32 Å². The van der Waals surface area contributed by atoms with Crippen molar-refractivity contribution < 1.29 is 22.7 Å². The molecule has 0 heterocycles. The molecular weight excluding hydrogens is 633 g/mol. The van der Waals surface area contributed by atoms with E-state index in [1.807, 2.05) is 6.92 Å². The molecule has 4 rings (SSSR count). The van der Waals surface area contributed by atoms with Gasteiger partial charge in [-0.1, -0.05) is 78.8 Å². The third-order valence-electron chi connectivity index (χ3n) is 7.48. The van der Waals surface area contributed by atoms with Gasteiger partial charge in [0.25, 0.3) is 10.0 Å². The first-order valence-corrected chi connectivity index (χ1v) is 16.6. The first kappa shape index (κ1) is 32.9. The lowest BCUT2D eigenvalue weighted by Gasteiger charge is -2.34.